The molecule has 0 aliphatic rings. The van der Waals surface area contributed by atoms with Crippen molar-refractivity contribution in [3.8, 4) is 0 Å². The van der Waals surface area contributed by atoms with Crippen molar-refractivity contribution >= 4 is 51.5 Å². The van der Waals surface area contributed by atoms with Gasteiger partial charge in [0.1, 0.15) is 0 Å². The third-order valence-corrected chi connectivity index (χ3v) is 1.54. The average Bonchev–Trinajstić information content (AvgIpc) is 1.66. The van der Waals surface area contributed by atoms with E-state index in [0.29, 0.717) is 0 Å². The second-order valence-electron chi connectivity index (χ2n) is 1.31. The van der Waals surface area contributed by atoms with Crippen LogP contribution in [0, 0.1) is 0 Å². The fraction of sp³-hybridized carbons (Fsp3) is 1.00. The number of hydrogen-bond donors (Lipinski definition) is 3. The summed E-state index contributed by atoms with van der Waals surface area (Å²) in [6.07, 6.45) is 1.31. The number of thiol groups is 2. The van der Waals surface area contributed by atoms with E-state index in [0.717, 1.165) is 5.75 Å². The van der Waals surface area contributed by atoms with Gasteiger partial charge in [-0.2, -0.15) is 0 Å². The van der Waals surface area contributed by atoms with Gasteiger partial charge in [0.05, 0.1) is 0 Å². The summed E-state index contributed by atoms with van der Waals surface area (Å²) in [5, 5.41) is 0. The van der Waals surface area contributed by atoms with Crippen LogP contribution in [0.25, 0.3) is 0 Å². The Morgan fingerprint density at radius 2 is 1.89 bits per heavy atom. The van der Waals surface area contributed by atoms with E-state index in [1.54, 1.807) is 0 Å². The number of rotatable bonds is 2. The van der Waals surface area contributed by atoms with Crippen LogP contribution < -0.4 is 0 Å². The first-order valence-electron chi connectivity index (χ1n) is 2.59. The average molecular weight is 180 g/mol. The Bertz CT molecular complexity index is 93.2. The monoisotopic (exact) mass is 180 g/mol. The minimum absolute atomic E-state index is 1.07. The van der Waals surface area contributed by atoms with Crippen molar-refractivity contribution in [2.75, 3.05) is 5.75 Å². The summed E-state index contributed by atoms with van der Waals surface area (Å²) >= 11 is 5.37. The van der Waals surface area contributed by atoms with E-state index >= 15 is 0 Å². The Hall–Kier alpha value is 1.26. The molecule has 3 nitrogen and oxygen atoms in total. The van der Waals surface area contributed by atoms with Gasteiger partial charge >= 0.3 is 56.4 Å². The molecule has 0 aromatic heterocycles. The van der Waals surface area contributed by atoms with Crippen LogP contribution in [-0.4, -0.2) is 46.7 Å². The van der Waals surface area contributed by atoms with Gasteiger partial charge in [0.2, 0.25) is 0 Å². The normalized spacial score (nSPS) is 8.56. The molecule has 0 fully saturated rings. The second-order valence-corrected chi connectivity index (χ2v) is 3.24. The summed E-state index contributed by atoms with van der Waals surface area (Å²) < 4.78 is 25.6. The van der Waals surface area contributed by atoms with E-state index in [-0.39, 0.29) is 0 Å². The van der Waals surface area contributed by atoms with Gasteiger partial charge in [-0.3, -0.25) is 4.55 Å². The zero-order chi connectivity index (χ0) is 7.70. The molecular formula is C3H9NaO3S2. The van der Waals surface area contributed by atoms with Crippen LogP contribution in [0.15, 0.2) is 0 Å². The van der Waals surface area contributed by atoms with Crippen molar-refractivity contribution in [2.45, 2.75) is 10.1 Å². The Kier molecular flexibility index (Phi) is 17.2. The zero-order valence-electron chi connectivity index (χ0n) is 5.28. The van der Waals surface area contributed by atoms with Gasteiger partial charge in [-0.1, -0.05) is 0 Å². The van der Waals surface area contributed by atoms with Crippen molar-refractivity contribution in [1.82, 2.24) is 0 Å². The molecule has 0 bridgehead atoms. The molecule has 0 heterocycles. The summed E-state index contributed by atoms with van der Waals surface area (Å²) in [6.45, 7) is 0. The molecule has 0 aromatic rings. The standard InChI is InChI=1S/C3H7S.Na.H2O3S/c1-2-3-4;;1-4(2)3/h4H,1-3H2;;4H,(H,1,2,3). The first-order chi connectivity index (χ1) is 4.15. The molecule has 0 radical (unpaired) electrons. The third-order valence-electron chi connectivity index (χ3n) is 0.512. The summed E-state index contributed by atoms with van der Waals surface area (Å²) in [5.41, 5.74) is 0. The predicted octanol–water partition coefficient (Wildman–Crippen LogP) is -0.0361. The van der Waals surface area contributed by atoms with Crippen molar-refractivity contribution in [1.29, 1.82) is 0 Å². The van der Waals surface area contributed by atoms with Gasteiger partial charge in [0.15, 0.2) is 0 Å². The molecule has 0 unspecified atom stereocenters. The summed E-state index contributed by atoms with van der Waals surface area (Å²) in [4.78, 5) is 0. The van der Waals surface area contributed by atoms with Crippen LogP contribution >= 0.6 is 12.6 Å². The SMILES string of the molecule is O=[SH](=O)O.[Na][CH2]CCS. The summed E-state index contributed by atoms with van der Waals surface area (Å²) in [6, 6.07) is 0. The Labute approximate surface area is 79.8 Å². The fourth-order valence-corrected chi connectivity index (χ4v) is 1.42. The molecule has 9 heavy (non-hydrogen) atoms. The molecule has 0 rings (SSSR count). The second kappa shape index (κ2) is 12.0. The first kappa shape index (κ1) is 12.9. The van der Waals surface area contributed by atoms with Gasteiger partial charge in [-0.05, 0) is 0 Å². The van der Waals surface area contributed by atoms with Gasteiger partial charge in [-0.15, -0.1) is 0 Å². The zero-order valence-corrected chi connectivity index (χ0v) is 9.07. The van der Waals surface area contributed by atoms with Crippen LogP contribution in [0.4, 0.5) is 0 Å². The van der Waals surface area contributed by atoms with Gasteiger partial charge < -0.3 is 0 Å². The quantitative estimate of drug-likeness (QED) is 0.317. The molecule has 6 heteroatoms. The van der Waals surface area contributed by atoms with Crippen LogP contribution in [0.2, 0.25) is 3.67 Å². The summed E-state index contributed by atoms with van der Waals surface area (Å²) in [7, 11) is -3.12. The Morgan fingerprint density at radius 3 is 1.89 bits per heavy atom. The van der Waals surface area contributed by atoms with Crippen LogP contribution in [0.5, 0.6) is 0 Å². The van der Waals surface area contributed by atoms with E-state index in [9.17, 15) is 0 Å². The molecule has 0 atom stereocenters. The van der Waals surface area contributed by atoms with Crippen LogP contribution in [-0.2, 0) is 11.0 Å². The minimum atomic E-state index is -3.12. The van der Waals surface area contributed by atoms with Crippen molar-refractivity contribution < 1.29 is 13.0 Å². The van der Waals surface area contributed by atoms with Gasteiger partial charge in [-0.25, -0.2) is 8.42 Å². The number of hydrogen-bond acceptors (Lipinski definition) is 3. The predicted molar refractivity (Wildman–Crippen MR) is 42.0 cm³/mol. The summed E-state index contributed by atoms with van der Waals surface area (Å²) in [5.74, 6) is 1.07. The fourth-order valence-electron chi connectivity index (χ4n) is 0.158. The van der Waals surface area contributed by atoms with Crippen molar-refractivity contribution in [3.05, 3.63) is 0 Å². The molecule has 1 N–H and O–H groups in total. The molecule has 0 aliphatic carbocycles. The van der Waals surface area contributed by atoms with E-state index in [1.807, 2.05) is 0 Å². The van der Waals surface area contributed by atoms with E-state index in [1.165, 1.54) is 38.0 Å². The van der Waals surface area contributed by atoms with Crippen LogP contribution in [0.1, 0.15) is 6.42 Å². The first-order valence-corrected chi connectivity index (χ1v) is 5.77. The van der Waals surface area contributed by atoms with Crippen LogP contribution in [0.3, 0.4) is 0 Å². The topological polar surface area (TPSA) is 54.4 Å². The van der Waals surface area contributed by atoms with E-state index in [2.05, 4.69) is 12.6 Å². The third kappa shape index (κ3) is 45.9. The van der Waals surface area contributed by atoms with Crippen molar-refractivity contribution in [3.63, 3.8) is 0 Å². The molecule has 0 aliphatic heterocycles. The molecule has 52 valence electrons. The molecular weight excluding hydrogens is 171 g/mol. The molecule has 0 spiro atoms. The maximum absolute atomic E-state index is 8.59. The Morgan fingerprint density at radius 1 is 1.56 bits per heavy atom. The molecule has 0 amide bonds. The van der Waals surface area contributed by atoms with E-state index in [4.69, 9.17) is 13.0 Å². The van der Waals surface area contributed by atoms with E-state index < -0.39 is 11.0 Å². The molecule has 0 aromatic carbocycles. The molecule has 0 saturated carbocycles. The molecule has 0 saturated heterocycles. The van der Waals surface area contributed by atoms with Gasteiger partial charge in [0, 0.05) is 0 Å². The van der Waals surface area contributed by atoms with Gasteiger partial charge in [0.25, 0.3) is 11.0 Å². The Balaban J connectivity index is 0. The van der Waals surface area contributed by atoms with Crippen molar-refractivity contribution in [2.24, 2.45) is 0 Å². The maximum atomic E-state index is 8.59.